The van der Waals surface area contributed by atoms with E-state index in [9.17, 15) is 14.0 Å². The van der Waals surface area contributed by atoms with Gasteiger partial charge in [-0.05, 0) is 37.8 Å². The van der Waals surface area contributed by atoms with Crippen molar-refractivity contribution in [3.05, 3.63) is 40.3 Å². The summed E-state index contributed by atoms with van der Waals surface area (Å²) in [6, 6.07) is 1.06. The van der Waals surface area contributed by atoms with Gasteiger partial charge in [0.2, 0.25) is 0 Å². The number of carbonyl (C=O) groups excluding carboxylic acids is 2. The maximum Gasteiger partial charge on any atom is 0.298 e. The Morgan fingerprint density at radius 1 is 1.41 bits per heavy atom. The number of H-pyrrole nitrogens is 1. The number of rotatable bonds is 3. The van der Waals surface area contributed by atoms with Gasteiger partial charge in [0.15, 0.2) is 0 Å². The van der Waals surface area contributed by atoms with Gasteiger partial charge < -0.3 is 15.6 Å². The van der Waals surface area contributed by atoms with Crippen LogP contribution >= 0.6 is 0 Å². The van der Waals surface area contributed by atoms with Gasteiger partial charge in [-0.2, -0.15) is 0 Å². The van der Waals surface area contributed by atoms with Crippen LogP contribution in [0.25, 0.3) is 16.5 Å². The predicted octanol–water partition coefficient (Wildman–Crippen LogP) is 2.82. The fourth-order valence-electron chi connectivity index (χ4n) is 3.49. The number of fused-ring (bicyclic) bond motifs is 1. The summed E-state index contributed by atoms with van der Waals surface area (Å²) in [6.07, 6.45) is 2.36. The average Bonchev–Trinajstić information content (AvgIpc) is 2.96. The minimum atomic E-state index is -0.822. The number of nitrogens with zero attached hydrogens (tertiary/aromatic N) is 1. The Hall–Kier alpha value is -3.14. The number of carbonyl (C=O) groups is 2. The van der Waals surface area contributed by atoms with Gasteiger partial charge in [-0.3, -0.25) is 9.59 Å². The first kappa shape index (κ1) is 18.6. The molecule has 0 spiro atoms. The number of nitrogens with one attached hydrogen (secondary N) is 1. The van der Waals surface area contributed by atoms with E-state index in [1.807, 2.05) is 6.08 Å². The third-order valence-electron chi connectivity index (χ3n) is 4.74. The first-order valence-corrected chi connectivity index (χ1v) is 8.49. The van der Waals surface area contributed by atoms with Gasteiger partial charge in [0.1, 0.15) is 12.5 Å². The maximum absolute atomic E-state index is 15.0. The molecule has 140 valence electrons. The van der Waals surface area contributed by atoms with E-state index in [0.29, 0.717) is 35.1 Å². The molecule has 1 aromatic carbocycles. The highest BCUT2D eigenvalue weighted by atomic mass is 19.1. The Morgan fingerprint density at radius 2 is 2.15 bits per heavy atom. The topological polar surface area (TPSA) is 79.2 Å². The number of hydrogen-bond acceptors (Lipinski definition) is 2. The van der Waals surface area contributed by atoms with Gasteiger partial charge in [-0.1, -0.05) is 12.0 Å². The van der Waals surface area contributed by atoms with Crippen molar-refractivity contribution in [1.29, 1.82) is 0 Å². The quantitative estimate of drug-likeness (QED) is 0.814. The summed E-state index contributed by atoms with van der Waals surface area (Å²) in [5.74, 6) is 3.22. The predicted molar refractivity (Wildman–Crippen MR) is 98.9 cm³/mol. The number of benzene rings is 1. The van der Waals surface area contributed by atoms with E-state index in [1.165, 1.54) is 4.90 Å². The molecule has 0 bridgehead atoms. The van der Waals surface area contributed by atoms with Crippen LogP contribution in [0, 0.1) is 24.6 Å². The Morgan fingerprint density at radius 3 is 2.78 bits per heavy atom. The minimum absolute atomic E-state index is 0.0322. The van der Waals surface area contributed by atoms with Gasteiger partial charge in [-0.25, -0.2) is 8.78 Å². The Kier molecular flexibility index (Phi) is 5.00. The van der Waals surface area contributed by atoms with Gasteiger partial charge in [0, 0.05) is 35.3 Å². The SMILES string of the molecule is CC#CC(=O)N1CCC=C(c2c(F)cc(C(N)=O)c3[nH]c(C)c(CF)c23)C1. The second kappa shape index (κ2) is 7.23. The summed E-state index contributed by atoms with van der Waals surface area (Å²) in [5, 5.41) is 0.297. The Labute approximate surface area is 155 Å². The van der Waals surface area contributed by atoms with Gasteiger partial charge in [0.05, 0.1) is 11.1 Å². The highest BCUT2D eigenvalue weighted by Crippen LogP contribution is 2.36. The van der Waals surface area contributed by atoms with Crippen LogP contribution in [-0.4, -0.2) is 34.8 Å². The Bertz CT molecular complexity index is 1040. The minimum Gasteiger partial charge on any atom is -0.366 e. The third-order valence-corrected chi connectivity index (χ3v) is 4.74. The summed E-state index contributed by atoms with van der Waals surface area (Å²) in [4.78, 5) is 28.3. The van der Waals surface area contributed by atoms with Crippen LogP contribution in [0.2, 0.25) is 0 Å². The van der Waals surface area contributed by atoms with E-state index < -0.39 is 18.4 Å². The van der Waals surface area contributed by atoms with E-state index >= 15 is 4.39 Å². The largest absolute Gasteiger partial charge is 0.366 e. The van der Waals surface area contributed by atoms with E-state index in [4.69, 9.17) is 5.73 Å². The molecule has 0 saturated carbocycles. The van der Waals surface area contributed by atoms with E-state index in [0.717, 1.165) is 6.07 Å². The summed E-state index contributed by atoms with van der Waals surface area (Å²) in [6.45, 7) is 3.04. The number of alkyl halides is 1. The Balaban J connectivity index is 2.22. The van der Waals surface area contributed by atoms with Crippen molar-refractivity contribution >= 4 is 28.3 Å². The fourth-order valence-corrected chi connectivity index (χ4v) is 3.49. The number of amides is 2. The van der Waals surface area contributed by atoms with Gasteiger partial charge >= 0.3 is 0 Å². The molecular weight excluding hydrogens is 352 g/mol. The molecule has 0 saturated heterocycles. The van der Waals surface area contributed by atoms with Gasteiger partial charge in [0.25, 0.3) is 11.8 Å². The van der Waals surface area contributed by atoms with Crippen LogP contribution in [-0.2, 0) is 11.5 Å². The number of aryl methyl sites for hydroxylation is 1. The zero-order valence-corrected chi connectivity index (χ0v) is 15.1. The third kappa shape index (κ3) is 3.19. The molecule has 7 heteroatoms. The molecule has 0 aliphatic carbocycles. The average molecular weight is 371 g/mol. The number of aromatic amines is 1. The van der Waals surface area contributed by atoms with E-state index in [1.54, 1.807) is 13.8 Å². The molecule has 1 aliphatic heterocycles. The van der Waals surface area contributed by atoms with Crippen LogP contribution in [0.15, 0.2) is 12.1 Å². The molecule has 27 heavy (non-hydrogen) atoms. The van der Waals surface area contributed by atoms with Crippen LogP contribution < -0.4 is 5.73 Å². The molecule has 0 atom stereocenters. The summed E-state index contributed by atoms with van der Waals surface area (Å²) in [7, 11) is 0. The molecule has 3 N–H and O–H groups in total. The molecule has 0 fully saturated rings. The monoisotopic (exact) mass is 371 g/mol. The molecule has 1 aromatic heterocycles. The molecule has 0 unspecified atom stereocenters. The van der Waals surface area contributed by atoms with Crippen molar-refractivity contribution in [3.8, 4) is 11.8 Å². The molecule has 2 heterocycles. The lowest BCUT2D eigenvalue weighted by Gasteiger charge is -2.26. The summed E-state index contributed by atoms with van der Waals surface area (Å²) >= 11 is 0. The van der Waals surface area contributed by atoms with Crippen molar-refractivity contribution in [2.45, 2.75) is 26.9 Å². The van der Waals surface area contributed by atoms with Crippen LogP contribution in [0.5, 0.6) is 0 Å². The highest BCUT2D eigenvalue weighted by molar-refractivity contribution is 6.09. The van der Waals surface area contributed by atoms with Crippen LogP contribution in [0.1, 0.15) is 40.5 Å². The summed E-state index contributed by atoms with van der Waals surface area (Å²) in [5.41, 5.74) is 7.17. The molecule has 5 nitrogen and oxygen atoms in total. The first-order valence-electron chi connectivity index (χ1n) is 8.49. The standard InChI is InChI=1S/C20H19F2N3O2/c1-3-5-16(26)25-7-4-6-12(10-25)17-15(22)8-13(20(23)27)19-18(17)14(9-21)11(2)24-19/h6,8,24H,4,7,9-10H2,1-2H3,(H2,23,27). The van der Waals surface area contributed by atoms with Crippen molar-refractivity contribution in [1.82, 2.24) is 9.88 Å². The lowest BCUT2D eigenvalue weighted by atomic mass is 9.93. The number of nitrogens with two attached hydrogens (primary N) is 1. The zero-order chi connectivity index (χ0) is 19.7. The molecule has 1 aliphatic rings. The van der Waals surface area contributed by atoms with Gasteiger partial charge in [-0.15, -0.1) is 0 Å². The number of hydrogen-bond donors (Lipinski definition) is 2. The second-order valence-corrected chi connectivity index (χ2v) is 6.38. The first-order chi connectivity index (χ1) is 12.9. The maximum atomic E-state index is 15.0. The number of aromatic nitrogens is 1. The molecular formula is C20H19F2N3O2. The number of primary amides is 1. The zero-order valence-electron chi connectivity index (χ0n) is 15.1. The molecule has 2 amide bonds. The lowest BCUT2D eigenvalue weighted by molar-refractivity contribution is -0.124. The normalized spacial score (nSPS) is 13.9. The number of halogens is 2. The van der Waals surface area contributed by atoms with Crippen molar-refractivity contribution < 1.29 is 18.4 Å². The molecule has 0 radical (unpaired) electrons. The lowest BCUT2D eigenvalue weighted by Crippen LogP contribution is -2.34. The molecule has 3 rings (SSSR count). The molecule has 2 aromatic rings. The van der Waals surface area contributed by atoms with Crippen molar-refractivity contribution in [3.63, 3.8) is 0 Å². The highest BCUT2D eigenvalue weighted by Gasteiger charge is 2.26. The fraction of sp³-hybridized carbons (Fsp3) is 0.300. The van der Waals surface area contributed by atoms with Crippen LogP contribution in [0.4, 0.5) is 8.78 Å². The second-order valence-electron chi connectivity index (χ2n) is 6.38. The van der Waals surface area contributed by atoms with E-state index in [2.05, 4.69) is 16.8 Å². The van der Waals surface area contributed by atoms with Crippen molar-refractivity contribution in [2.75, 3.05) is 13.1 Å². The smallest absolute Gasteiger partial charge is 0.298 e. The van der Waals surface area contributed by atoms with Crippen LogP contribution in [0.3, 0.4) is 0 Å². The van der Waals surface area contributed by atoms with E-state index in [-0.39, 0.29) is 29.1 Å². The van der Waals surface area contributed by atoms with Crippen molar-refractivity contribution in [2.24, 2.45) is 5.73 Å². The summed E-state index contributed by atoms with van der Waals surface area (Å²) < 4.78 is 28.7.